The summed E-state index contributed by atoms with van der Waals surface area (Å²) >= 11 is 0. The summed E-state index contributed by atoms with van der Waals surface area (Å²) in [7, 11) is 3.24. The monoisotopic (exact) mass is 452 g/mol. The van der Waals surface area contributed by atoms with Gasteiger partial charge in [0.15, 0.2) is 11.6 Å². The van der Waals surface area contributed by atoms with Crippen LogP contribution < -0.4 is 9.47 Å². The average Bonchev–Trinajstić information content (AvgIpc) is 2.70. The SMILES string of the molecule is COc1c(CCCc2cc(C(C)(C)C)cc(C(C)=O)c2OC)cc(C(C)(C)C)cc1C(C)=O. The molecule has 180 valence electrons. The molecule has 2 rings (SSSR count). The Morgan fingerprint density at radius 3 is 1.24 bits per heavy atom. The molecule has 0 atom stereocenters. The van der Waals surface area contributed by atoms with E-state index < -0.39 is 0 Å². The van der Waals surface area contributed by atoms with Crippen molar-refractivity contribution in [3.63, 3.8) is 0 Å². The first-order chi connectivity index (χ1) is 15.2. The van der Waals surface area contributed by atoms with Crippen molar-refractivity contribution in [2.45, 2.75) is 85.5 Å². The largest absolute Gasteiger partial charge is 0.496 e. The lowest BCUT2D eigenvalue weighted by atomic mass is 9.82. The van der Waals surface area contributed by atoms with Crippen molar-refractivity contribution < 1.29 is 19.1 Å². The first kappa shape index (κ1) is 26.6. The first-order valence-corrected chi connectivity index (χ1v) is 11.6. The lowest BCUT2D eigenvalue weighted by molar-refractivity contribution is 0.100. The van der Waals surface area contributed by atoms with Crippen LogP contribution in [0.3, 0.4) is 0 Å². The number of aryl methyl sites for hydroxylation is 2. The first-order valence-electron chi connectivity index (χ1n) is 11.6. The molecular formula is C29H40O4. The summed E-state index contributed by atoms with van der Waals surface area (Å²) in [4.78, 5) is 24.7. The summed E-state index contributed by atoms with van der Waals surface area (Å²) in [5.41, 5.74) is 5.42. The number of benzene rings is 2. The van der Waals surface area contributed by atoms with E-state index in [4.69, 9.17) is 9.47 Å². The molecule has 0 unspecified atom stereocenters. The van der Waals surface area contributed by atoms with Gasteiger partial charge in [0.25, 0.3) is 0 Å². The standard InChI is InChI=1S/C29H40O4/c1-18(30)24-16-22(28(3,4)5)14-20(26(24)32-9)12-11-13-21-15-23(29(6,7)8)17-25(19(2)31)27(21)33-10/h14-17H,11-13H2,1-10H3. The van der Waals surface area contributed by atoms with E-state index in [-0.39, 0.29) is 22.4 Å². The smallest absolute Gasteiger partial charge is 0.163 e. The Kier molecular flexibility index (Phi) is 8.16. The number of Topliss-reactive ketones (excluding diaryl/α,β-unsaturated/α-hetero) is 2. The molecule has 0 aliphatic carbocycles. The van der Waals surface area contributed by atoms with Gasteiger partial charge in [0.1, 0.15) is 11.5 Å². The molecule has 0 bridgehead atoms. The third-order valence-electron chi connectivity index (χ3n) is 6.12. The Morgan fingerprint density at radius 2 is 1.00 bits per heavy atom. The maximum absolute atomic E-state index is 12.3. The lowest BCUT2D eigenvalue weighted by Gasteiger charge is -2.24. The van der Waals surface area contributed by atoms with Crippen LogP contribution >= 0.6 is 0 Å². The third-order valence-corrected chi connectivity index (χ3v) is 6.12. The summed E-state index contributed by atoms with van der Waals surface area (Å²) in [5.74, 6) is 1.33. The van der Waals surface area contributed by atoms with Crippen LogP contribution in [-0.4, -0.2) is 25.8 Å². The predicted molar refractivity (Wildman–Crippen MR) is 135 cm³/mol. The van der Waals surface area contributed by atoms with Gasteiger partial charge < -0.3 is 9.47 Å². The normalized spacial score (nSPS) is 11.9. The van der Waals surface area contributed by atoms with Crippen molar-refractivity contribution in [2.75, 3.05) is 14.2 Å². The molecule has 2 aromatic carbocycles. The van der Waals surface area contributed by atoms with E-state index in [0.29, 0.717) is 22.6 Å². The Morgan fingerprint density at radius 1 is 0.667 bits per heavy atom. The van der Waals surface area contributed by atoms with Crippen LogP contribution in [0.1, 0.15) is 105 Å². The zero-order valence-electron chi connectivity index (χ0n) is 22.1. The van der Waals surface area contributed by atoms with Gasteiger partial charge in [0, 0.05) is 0 Å². The second kappa shape index (κ2) is 10.1. The molecule has 0 radical (unpaired) electrons. The van der Waals surface area contributed by atoms with E-state index in [1.54, 1.807) is 28.1 Å². The van der Waals surface area contributed by atoms with Crippen LogP contribution in [0.2, 0.25) is 0 Å². The fourth-order valence-electron chi connectivity index (χ4n) is 4.09. The van der Waals surface area contributed by atoms with Crippen molar-refractivity contribution in [1.82, 2.24) is 0 Å². The molecule has 0 saturated carbocycles. The summed E-state index contributed by atoms with van der Waals surface area (Å²) in [6, 6.07) is 8.24. The highest BCUT2D eigenvalue weighted by Crippen LogP contribution is 2.35. The molecule has 0 aliphatic heterocycles. The summed E-state index contributed by atoms with van der Waals surface area (Å²) in [6.07, 6.45) is 2.35. The molecule has 0 saturated heterocycles. The summed E-state index contributed by atoms with van der Waals surface area (Å²) in [5, 5.41) is 0. The minimum Gasteiger partial charge on any atom is -0.496 e. The van der Waals surface area contributed by atoms with Crippen LogP contribution in [0.5, 0.6) is 11.5 Å². The Hall–Kier alpha value is -2.62. The summed E-state index contributed by atoms with van der Waals surface area (Å²) < 4.78 is 11.4. The van der Waals surface area contributed by atoms with Crippen molar-refractivity contribution in [2.24, 2.45) is 0 Å². The maximum atomic E-state index is 12.3. The fraction of sp³-hybridized carbons (Fsp3) is 0.517. The van der Waals surface area contributed by atoms with Gasteiger partial charge in [-0.3, -0.25) is 9.59 Å². The van der Waals surface area contributed by atoms with Crippen LogP contribution in [0.25, 0.3) is 0 Å². The number of carbonyl (C=O) groups is 2. The second-order valence-corrected chi connectivity index (χ2v) is 10.9. The van der Waals surface area contributed by atoms with Gasteiger partial charge in [0.2, 0.25) is 0 Å². The third kappa shape index (κ3) is 6.25. The number of hydrogen-bond acceptors (Lipinski definition) is 4. The minimum absolute atomic E-state index is 0.00449. The van der Waals surface area contributed by atoms with E-state index in [0.717, 1.165) is 41.5 Å². The van der Waals surface area contributed by atoms with Crippen molar-refractivity contribution in [3.8, 4) is 11.5 Å². The molecule has 0 aliphatic rings. The Balaban J connectivity index is 2.46. The highest BCUT2D eigenvalue weighted by Gasteiger charge is 2.23. The molecule has 0 spiro atoms. The van der Waals surface area contributed by atoms with E-state index >= 15 is 0 Å². The highest BCUT2D eigenvalue weighted by atomic mass is 16.5. The number of ether oxygens (including phenoxy) is 2. The van der Waals surface area contributed by atoms with E-state index in [2.05, 4.69) is 53.7 Å². The van der Waals surface area contributed by atoms with Gasteiger partial charge in [-0.05, 0) is 78.3 Å². The van der Waals surface area contributed by atoms with Crippen molar-refractivity contribution in [1.29, 1.82) is 0 Å². The van der Waals surface area contributed by atoms with Crippen molar-refractivity contribution >= 4 is 11.6 Å². The van der Waals surface area contributed by atoms with Crippen LogP contribution in [0.4, 0.5) is 0 Å². The van der Waals surface area contributed by atoms with Crippen LogP contribution in [0, 0.1) is 0 Å². The zero-order chi connectivity index (χ0) is 25.1. The molecule has 0 fully saturated rings. The molecule has 0 amide bonds. The molecule has 2 aromatic rings. The Bertz CT molecular complexity index is 950. The average molecular weight is 453 g/mol. The molecular weight excluding hydrogens is 412 g/mol. The van der Waals surface area contributed by atoms with Gasteiger partial charge in [-0.1, -0.05) is 53.7 Å². The maximum Gasteiger partial charge on any atom is 0.163 e. The molecule has 33 heavy (non-hydrogen) atoms. The zero-order valence-corrected chi connectivity index (χ0v) is 22.1. The number of carbonyl (C=O) groups excluding carboxylic acids is 2. The molecule has 4 nitrogen and oxygen atoms in total. The quantitative estimate of drug-likeness (QED) is 0.410. The molecule has 0 N–H and O–H groups in total. The minimum atomic E-state index is -0.0775. The van der Waals surface area contributed by atoms with Crippen LogP contribution in [-0.2, 0) is 23.7 Å². The topological polar surface area (TPSA) is 52.6 Å². The Labute approximate surface area is 199 Å². The van der Waals surface area contributed by atoms with E-state index in [1.165, 1.54) is 0 Å². The molecule has 4 heteroatoms. The van der Waals surface area contributed by atoms with Gasteiger partial charge in [-0.2, -0.15) is 0 Å². The fourth-order valence-corrected chi connectivity index (χ4v) is 4.09. The molecule has 0 aromatic heterocycles. The van der Waals surface area contributed by atoms with Gasteiger partial charge >= 0.3 is 0 Å². The van der Waals surface area contributed by atoms with E-state index in [9.17, 15) is 9.59 Å². The highest BCUT2D eigenvalue weighted by molar-refractivity contribution is 5.98. The van der Waals surface area contributed by atoms with E-state index in [1.807, 2.05) is 12.1 Å². The number of hydrogen-bond donors (Lipinski definition) is 0. The van der Waals surface area contributed by atoms with Gasteiger partial charge in [-0.15, -0.1) is 0 Å². The predicted octanol–water partition coefficient (Wildman–Crippen LogP) is 6.88. The van der Waals surface area contributed by atoms with Crippen molar-refractivity contribution in [3.05, 3.63) is 57.6 Å². The van der Waals surface area contributed by atoms with Gasteiger partial charge in [0.05, 0.1) is 25.3 Å². The van der Waals surface area contributed by atoms with Gasteiger partial charge in [-0.25, -0.2) is 0 Å². The molecule has 0 heterocycles. The second-order valence-electron chi connectivity index (χ2n) is 10.9. The number of ketones is 2. The number of methoxy groups -OCH3 is 2. The lowest BCUT2D eigenvalue weighted by Crippen LogP contribution is -2.15. The van der Waals surface area contributed by atoms with Crippen LogP contribution in [0.15, 0.2) is 24.3 Å². The summed E-state index contributed by atoms with van der Waals surface area (Å²) in [6.45, 7) is 16.1. The number of rotatable bonds is 8.